The summed E-state index contributed by atoms with van der Waals surface area (Å²) in [6, 6.07) is 15.6. The van der Waals surface area contributed by atoms with E-state index >= 15 is 0 Å². The highest BCUT2D eigenvalue weighted by atomic mass is 35.5. The normalized spacial score (nSPS) is 11.1. The Kier molecular flexibility index (Phi) is 6.64. The van der Waals surface area contributed by atoms with E-state index in [1.807, 2.05) is 23.6 Å². The highest BCUT2D eigenvalue weighted by Crippen LogP contribution is 2.22. The van der Waals surface area contributed by atoms with Crippen LogP contribution in [0.25, 0.3) is 0 Å². The Bertz CT molecular complexity index is 1050. The number of amides is 2. The molecule has 0 saturated heterocycles. The van der Waals surface area contributed by atoms with Gasteiger partial charge in [-0.1, -0.05) is 29.8 Å². The summed E-state index contributed by atoms with van der Waals surface area (Å²) in [6.45, 7) is 1.77. The first kappa shape index (κ1) is 20.6. The maximum absolute atomic E-state index is 12.4. The number of thiophene rings is 1. The monoisotopic (exact) mass is 427 g/mol. The minimum Gasteiger partial charge on any atom is -0.496 e. The highest BCUT2D eigenvalue weighted by Gasteiger charge is 2.13. The number of ether oxygens (including phenoxy) is 1. The van der Waals surface area contributed by atoms with Crippen LogP contribution < -0.4 is 15.5 Å². The molecule has 0 radical (unpaired) electrons. The van der Waals surface area contributed by atoms with Crippen LogP contribution in [-0.2, 0) is 0 Å². The summed E-state index contributed by atoms with van der Waals surface area (Å²) in [7, 11) is 1.48. The first-order chi connectivity index (χ1) is 14.0. The van der Waals surface area contributed by atoms with Gasteiger partial charge in [0.15, 0.2) is 0 Å². The number of benzene rings is 2. The first-order valence-electron chi connectivity index (χ1n) is 8.61. The van der Waals surface area contributed by atoms with Crippen molar-refractivity contribution in [3.63, 3.8) is 0 Å². The minimum atomic E-state index is -0.427. The predicted octanol–water partition coefficient (Wildman–Crippen LogP) is 4.82. The van der Waals surface area contributed by atoms with Crippen molar-refractivity contribution < 1.29 is 14.3 Å². The zero-order valence-electron chi connectivity index (χ0n) is 15.7. The van der Waals surface area contributed by atoms with E-state index in [0.29, 0.717) is 32.6 Å². The number of hydrogen-bond donors (Lipinski definition) is 2. The van der Waals surface area contributed by atoms with E-state index in [2.05, 4.69) is 15.8 Å². The zero-order valence-corrected chi connectivity index (χ0v) is 17.3. The van der Waals surface area contributed by atoms with E-state index in [0.717, 1.165) is 5.56 Å². The molecule has 2 N–H and O–H groups in total. The van der Waals surface area contributed by atoms with Gasteiger partial charge >= 0.3 is 0 Å². The number of nitrogens with zero attached hydrogens (tertiary/aromatic N) is 1. The van der Waals surface area contributed by atoms with Gasteiger partial charge in [0.25, 0.3) is 11.8 Å². The van der Waals surface area contributed by atoms with Gasteiger partial charge in [-0.2, -0.15) is 5.10 Å². The highest BCUT2D eigenvalue weighted by molar-refractivity contribution is 7.12. The van der Waals surface area contributed by atoms with Crippen LogP contribution in [0.3, 0.4) is 0 Å². The molecule has 0 aliphatic heterocycles. The summed E-state index contributed by atoms with van der Waals surface area (Å²) in [6.07, 6.45) is 0. The molecule has 0 saturated carbocycles. The molecule has 148 valence electrons. The molecular weight excluding hydrogens is 410 g/mol. The third kappa shape index (κ3) is 5.22. The summed E-state index contributed by atoms with van der Waals surface area (Å²) >= 11 is 7.34. The summed E-state index contributed by atoms with van der Waals surface area (Å²) in [5.74, 6) is -0.171. The lowest BCUT2D eigenvalue weighted by Crippen LogP contribution is -2.20. The molecule has 1 aromatic heterocycles. The lowest BCUT2D eigenvalue weighted by Gasteiger charge is -2.08. The number of methoxy groups -OCH3 is 1. The summed E-state index contributed by atoms with van der Waals surface area (Å²) in [4.78, 5) is 25.1. The fraction of sp³-hybridized carbons (Fsp3) is 0.0952. The van der Waals surface area contributed by atoms with Crippen LogP contribution in [-0.4, -0.2) is 24.6 Å². The van der Waals surface area contributed by atoms with E-state index in [1.54, 1.807) is 37.3 Å². The molecule has 0 fully saturated rings. The fourth-order valence-electron chi connectivity index (χ4n) is 2.51. The molecule has 29 heavy (non-hydrogen) atoms. The van der Waals surface area contributed by atoms with Crippen molar-refractivity contribution >= 4 is 46.2 Å². The van der Waals surface area contributed by atoms with Crippen LogP contribution in [0.15, 0.2) is 65.1 Å². The van der Waals surface area contributed by atoms with Crippen LogP contribution in [0.1, 0.15) is 32.5 Å². The Balaban J connectivity index is 1.66. The van der Waals surface area contributed by atoms with Crippen LogP contribution in [0, 0.1) is 0 Å². The number of hydrogen-bond acceptors (Lipinski definition) is 5. The average Bonchev–Trinajstić information content (AvgIpc) is 3.27. The van der Waals surface area contributed by atoms with Crippen molar-refractivity contribution in [2.24, 2.45) is 5.10 Å². The van der Waals surface area contributed by atoms with E-state index in [-0.39, 0.29) is 5.91 Å². The Hall–Kier alpha value is -3.16. The van der Waals surface area contributed by atoms with Gasteiger partial charge in [-0.3, -0.25) is 9.59 Å². The lowest BCUT2D eigenvalue weighted by molar-refractivity contribution is 0.0951. The maximum Gasteiger partial charge on any atom is 0.275 e. The summed E-state index contributed by atoms with van der Waals surface area (Å²) in [5, 5.41) is 9.26. The molecule has 0 aliphatic rings. The van der Waals surface area contributed by atoms with Gasteiger partial charge in [0, 0.05) is 10.7 Å². The molecule has 3 rings (SSSR count). The van der Waals surface area contributed by atoms with E-state index < -0.39 is 5.91 Å². The van der Waals surface area contributed by atoms with Crippen molar-refractivity contribution in [3.8, 4) is 5.75 Å². The molecule has 2 amide bonds. The van der Waals surface area contributed by atoms with Crippen molar-refractivity contribution in [1.29, 1.82) is 0 Å². The van der Waals surface area contributed by atoms with Crippen molar-refractivity contribution in [3.05, 3.63) is 81.0 Å². The van der Waals surface area contributed by atoms with Crippen LogP contribution >= 0.6 is 22.9 Å². The largest absolute Gasteiger partial charge is 0.496 e. The van der Waals surface area contributed by atoms with Crippen LogP contribution in [0.2, 0.25) is 5.02 Å². The van der Waals surface area contributed by atoms with Crippen molar-refractivity contribution in [1.82, 2.24) is 5.43 Å². The number of carbonyl (C=O) groups is 2. The molecule has 1 heterocycles. The van der Waals surface area contributed by atoms with Gasteiger partial charge in [0.1, 0.15) is 5.75 Å². The third-order valence-electron chi connectivity index (χ3n) is 4.04. The molecule has 0 aliphatic carbocycles. The molecule has 0 bridgehead atoms. The number of hydrazone groups is 1. The molecule has 0 spiro atoms. The van der Waals surface area contributed by atoms with Gasteiger partial charge in [0.2, 0.25) is 0 Å². The van der Waals surface area contributed by atoms with E-state index in [1.165, 1.54) is 24.5 Å². The Morgan fingerprint density at radius 3 is 2.48 bits per heavy atom. The minimum absolute atomic E-state index is 0.152. The van der Waals surface area contributed by atoms with Gasteiger partial charge in [0.05, 0.1) is 23.3 Å². The quantitative estimate of drug-likeness (QED) is 0.437. The number of anilines is 1. The Morgan fingerprint density at radius 1 is 1.07 bits per heavy atom. The summed E-state index contributed by atoms with van der Waals surface area (Å²) in [5.41, 5.74) is 4.89. The number of rotatable bonds is 6. The molecular formula is C21H18ClN3O3S. The van der Waals surface area contributed by atoms with Crippen LogP contribution in [0.4, 0.5) is 5.69 Å². The summed E-state index contributed by atoms with van der Waals surface area (Å²) < 4.78 is 5.18. The maximum atomic E-state index is 12.4. The number of carbonyl (C=O) groups excluding carboxylic acids is 2. The predicted molar refractivity (Wildman–Crippen MR) is 116 cm³/mol. The molecule has 0 atom stereocenters. The first-order valence-corrected chi connectivity index (χ1v) is 9.87. The number of nitrogens with one attached hydrogen (secondary N) is 2. The van der Waals surface area contributed by atoms with Gasteiger partial charge in [-0.15, -0.1) is 11.3 Å². The third-order valence-corrected chi connectivity index (χ3v) is 5.14. The van der Waals surface area contributed by atoms with Gasteiger partial charge < -0.3 is 10.1 Å². The topological polar surface area (TPSA) is 79.8 Å². The molecule has 3 aromatic rings. The van der Waals surface area contributed by atoms with Crippen molar-refractivity contribution in [2.75, 3.05) is 12.4 Å². The number of halogens is 1. The second-order valence-electron chi connectivity index (χ2n) is 5.99. The lowest BCUT2D eigenvalue weighted by atomic mass is 10.1. The Morgan fingerprint density at radius 2 is 1.83 bits per heavy atom. The second kappa shape index (κ2) is 9.36. The standard InChI is InChI=1S/C21H18ClN3O3S/c1-13(24-25-20(26)17-12-15(22)7-10-18(17)28-2)14-5-8-16(9-6-14)23-21(27)19-4-3-11-29-19/h3-12H,1-2H3,(H,23,27)(H,25,26). The molecule has 8 heteroatoms. The van der Waals surface area contributed by atoms with Crippen molar-refractivity contribution in [2.45, 2.75) is 6.92 Å². The van der Waals surface area contributed by atoms with Gasteiger partial charge in [-0.05, 0) is 54.3 Å². The van der Waals surface area contributed by atoms with E-state index in [9.17, 15) is 9.59 Å². The molecule has 0 unspecified atom stereocenters. The molecule has 2 aromatic carbocycles. The fourth-order valence-corrected chi connectivity index (χ4v) is 3.30. The smallest absolute Gasteiger partial charge is 0.275 e. The zero-order chi connectivity index (χ0) is 20.8. The van der Waals surface area contributed by atoms with E-state index in [4.69, 9.17) is 16.3 Å². The van der Waals surface area contributed by atoms with Gasteiger partial charge in [-0.25, -0.2) is 5.43 Å². The second-order valence-corrected chi connectivity index (χ2v) is 7.38. The van der Waals surface area contributed by atoms with Crippen LogP contribution in [0.5, 0.6) is 5.75 Å². The average molecular weight is 428 g/mol. The Labute approximate surface area is 177 Å². The SMILES string of the molecule is COc1ccc(Cl)cc1C(=O)NN=C(C)c1ccc(NC(=O)c2cccs2)cc1. The molecule has 6 nitrogen and oxygen atoms in total.